The summed E-state index contributed by atoms with van der Waals surface area (Å²) in [6.45, 7) is 0. The van der Waals surface area contributed by atoms with Crippen molar-refractivity contribution in [3.63, 3.8) is 0 Å². The van der Waals surface area contributed by atoms with Crippen molar-refractivity contribution in [1.29, 1.82) is 0 Å². The van der Waals surface area contributed by atoms with Crippen molar-refractivity contribution in [2.45, 2.75) is 31.0 Å². The van der Waals surface area contributed by atoms with Gasteiger partial charge in [-0.2, -0.15) is 0 Å². The summed E-state index contributed by atoms with van der Waals surface area (Å²) in [4.78, 5) is 14.8. The average Bonchev–Trinajstić information content (AvgIpc) is 3.41. The number of nitrogens with zero attached hydrogens (tertiary/aromatic N) is 2. The zero-order chi connectivity index (χ0) is 20.0. The number of hydrogen-bond acceptors (Lipinski definition) is 5. The first-order chi connectivity index (χ1) is 14.1. The van der Waals surface area contributed by atoms with E-state index < -0.39 is 12.3 Å². The van der Waals surface area contributed by atoms with Gasteiger partial charge in [0.2, 0.25) is 5.91 Å². The first-order valence-corrected chi connectivity index (χ1v) is 9.92. The fourth-order valence-corrected chi connectivity index (χ4v) is 4.35. The Kier molecular flexibility index (Phi) is 4.45. The van der Waals surface area contributed by atoms with Crippen LogP contribution in [0.5, 0.6) is 0 Å². The molecule has 1 aliphatic carbocycles. The molecular formula is C23H23N3O3. The highest BCUT2D eigenvalue weighted by molar-refractivity contribution is 5.99. The van der Waals surface area contributed by atoms with Gasteiger partial charge < -0.3 is 14.5 Å². The van der Waals surface area contributed by atoms with Gasteiger partial charge in [-0.15, -0.1) is 0 Å². The summed E-state index contributed by atoms with van der Waals surface area (Å²) in [5.41, 5.74) is 3.66. The maximum absolute atomic E-state index is 13.1. The van der Waals surface area contributed by atoms with Gasteiger partial charge in [0.05, 0.1) is 6.04 Å². The molecule has 1 aromatic heterocycles. The van der Waals surface area contributed by atoms with Crippen molar-refractivity contribution in [2.75, 3.05) is 11.9 Å². The average molecular weight is 389 g/mol. The van der Waals surface area contributed by atoms with Crippen molar-refractivity contribution in [3.8, 4) is 0 Å². The lowest BCUT2D eigenvalue weighted by molar-refractivity contribution is -0.121. The maximum atomic E-state index is 13.1. The third kappa shape index (κ3) is 3.34. The molecule has 1 aliphatic heterocycles. The molecule has 1 saturated carbocycles. The summed E-state index contributed by atoms with van der Waals surface area (Å²) in [7, 11) is 1.79. The molecule has 2 heterocycles. The zero-order valence-corrected chi connectivity index (χ0v) is 16.2. The molecule has 1 amide bonds. The van der Waals surface area contributed by atoms with Crippen LogP contribution in [0.3, 0.4) is 0 Å². The summed E-state index contributed by atoms with van der Waals surface area (Å²) in [6.07, 6.45) is 0.484. The van der Waals surface area contributed by atoms with Crippen LogP contribution >= 0.6 is 0 Å². The number of rotatable bonds is 5. The van der Waals surface area contributed by atoms with E-state index in [0.717, 1.165) is 17.7 Å². The number of fused-ring (bicyclic) bond motifs is 3. The van der Waals surface area contributed by atoms with E-state index in [1.54, 1.807) is 18.0 Å². The molecule has 0 saturated heterocycles. The number of aromatic nitrogens is 1. The van der Waals surface area contributed by atoms with Gasteiger partial charge in [-0.25, -0.2) is 0 Å². The normalized spacial score (nSPS) is 23.9. The van der Waals surface area contributed by atoms with Crippen LogP contribution in [0, 0.1) is 5.92 Å². The Morgan fingerprint density at radius 3 is 2.79 bits per heavy atom. The van der Waals surface area contributed by atoms with E-state index >= 15 is 0 Å². The Hall–Kier alpha value is -2.96. The predicted molar refractivity (Wildman–Crippen MR) is 108 cm³/mol. The summed E-state index contributed by atoms with van der Waals surface area (Å²) < 4.78 is 5.39. The highest BCUT2D eigenvalue weighted by atomic mass is 16.5. The molecule has 4 atom stereocenters. The number of likely N-dealkylation sites (N-methyl/N-ethyl adjacent to an activating group) is 1. The molecule has 6 heteroatoms. The first-order valence-electron chi connectivity index (χ1n) is 9.92. The number of carbonyl (C=O) groups excluding carboxylic acids is 1. The Labute approximate surface area is 169 Å². The standard InChI is InChI=1S/C23H23N3O3/c1-26-20-10-6-5-9-16(20)17-13-18(17)21(23(26)28)24-22(27)19-12-15(29-25-19)11-14-7-3-2-4-8-14/h2-10,12,17-18,21-22,24,27H,11,13H2,1H3/t17?,18?,21-,22?/m0/s1. The molecule has 148 valence electrons. The predicted octanol–water partition coefficient (Wildman–Crippen LogP) is 2.99. The second-order valence-corrected chi connectivity index (χ2v) is 7.89. The van der Waals surface area contributed by atoms with Crippen LogP contribution in [0.4, 0.5) is 5.69 Å². The van der Waals surface area contributed by atoms with Crippen molar-refractivity contribution in [3.05, 3.63) is 83.2 Å². The third-order valence-electron chi connectivity index (χ3n) is 5.98. The second kappa shape index (κ2) is 7.13. The van der Waals surface area contributed by atoms with Crippen LogP contribution in [0.15, 0.2) is 65.2 Å². The Morgan fingerprint density at radius 1 is 1.21 bits per heavy atom. The largest absolute Gasteiger partial charge is 0.372 e. The fraction of sp³-hybridized carbons (Fsp3) is 0.304. The quantitative estimate of drug-likeness (QED) is 0.656. The zero-order valence-electron chi connectivity index (χ0n) is 16.2. The van der Waals surface area contributed by atoms with E-state index in [0.29, 0.717) is 23.8 Å². The molecule has 2 N–H and O–H groups in total. The molecule has 2 aromatic carbocycles. The van der Waals surface area contributed by atoms with E-state index in [1.165, 1.54) is 5.56 Å². The number of nitrogens with one attached hydrogen (secondary N) is 1. The number of anilines is 1. The van der Waals surface area contributed by atoms with Crippen LogP contribution in [0.2, 0.25) is 0 Å². The van der Waals surface area contributed by atoms with Gasteiger partial charge in [-0.05, 0) is 35.4 Å². The molecule has 0 radical (unpaired) electrons. The SMILES string of the molecule is CN1C(=O)[C@@H](NC(O)c2cc(Cc3ccccc3)on2)C2CC2c2ccccc21. The molecule has 3 aromatic rings. The Morgan fingerprint density at radius 2 is 1.97 bits per heavy atom. The minimum atomic E-state index is -1.06. The lowest BCUT2D eigenvalue weighted by Gasteiger charge is -2.25. The second-order valence-electron chi connectivity index (χ2n) is 7.89. The van der Waals surface area contributed by atoms with Gasteiger partial charge in [0.25, 0.3) is 0 Å². The summed E-state index contributed by atoms with van der Waals surface area (Å²) in [6, 6.07) is 19.3. The van der Waals surface area contributed by atoms with E-state index in [1.807, 2.05) is 48.5 Å². The molecule has 29 heavy (non-hydrogen) atoms. The monoisotopic (exact) mass is 389 g/mol. The molecule has 0 bridgehead atoms. The van der Waals surface area contributed by atoms with Gasteiger partial charge in [0.15, 0.2) is 6.23 Å². The number of aliphatic hydroxyl groups excluding tert-OH is 1. The minimum absolute atomic E-state index is 0.0329. The van der Waals surface area contributed by atoms with E-state index in [2.05, 4.69) is 16.5 Å². The van der Waals surface area contributed by atoms with Crippen LogP contribution < -0.4 is 10.2 Å². The molecule has 0 spiro atoms. The van der Waals surface area contributed by atoms with Crippen LogP contribution in [0.1, 0.15) is 41.1 Å². The highest BCUT2D eigenvalue weighted by Gasteiger charge is 2.51. The van der Waals surface area contributed by atoms with Gasteiger partial charge in [-0.3, -0.25) is 10.1 Å². The number of hydrogen-bond donors (Lipinski definition) is 2. The van der Waals surface area contributed by atoms with Gasteiger partial charge in [-0.1, -0.05) is 53.7 Å². The molecule has 2 aliphatic rings. The lowest BCUT2D eigenvalue weighted by Crippen LogP contribution is -2.47. The van der Waals surface area contributed by atoms with Crippen LogP contribution in [-0.4, -0.2) is 29.3 Å². The fourth-order valence-electron chi connectivity index (χ4n) is 4.35. The lowest BCUT2D eigenvalue weighted by atomic mass is 10.1. The maximum Gasteiger partial charge on any atom is 0.244 e. The van der Waals surface area contributed by atoms with Crippen molar-refractivity contribution < 1.29 is 14.4 Å². The Balaban J connectivity index is 1.31. The molecule has 5 rings (SSSR count). The van der Waals surface area contributed by atoms with Gasteiger partial charge >= 0.3 is 0 Å². The molecule has 6 nitrogen and oxygen atoms in total. The third-order valence-corrected chi connectivity index (χ3v) is 5.98. The Bertz CT molecular complexity index is 1030. The smallest absolute Gasteiger partial charge is 0.244 e. The minimum Gasteiger partial charge on any atom is -0.372 e. The number of benzene rings is 2. The van der Waals surface area contributed by atoms with Crippen LogP contribution in [-0.2, 0) is 11.2 Å². The summed E-state index contributed by atoms with van der Waals surface area (Å²) in [5, 5.41) is 17.8. The van der Waals surface area contributed by atoms with Crippen molar-refractivity contribution >= 4 is 11.6 Å². The number of carbonyl (C=O) groups is 1. The molecule has 1 fully saturated rings. The highest BCUT2D eigenvalue weighted by Crippen LogP contribution is 2.54. The van der Waals surface area contributed by atoms with Crippen molar-refractivity contribution in [1.82, 2.24) is 10.5 Å². The number of amides is 1. The molecular weight excluding hydrogens is 366 g/mol. The first kappa shape index (κ1) is 18.1. The van der Waals surface area contributed by atoms with E-state index in [9.17, 15) is 9.90 Å². The molecule has 3 unspecified atom stereocenters. The number of para-hydroxylation sites is 1. The van der Waals surface area contributed by atoms with E-state index in [4.69, 9.17) is 4.52 Å². The van der Waals surface area contributed by atoms with Gasteiger partial charge in [0.1, 0.15) is 11.5 Å². The van der Waals surface area contributed by atoms with Crippen LogP contribution in [0.25, 0.3) is 0 Å². The van der Waals surface area contributed by atoms with E-state index in [-0.39, 0.29) is 11.8 Å². The topological polar surface area (TPSA) is 78.6 Å². The number of aliphatic hydroxyl groups is 1. The summed E-state index contributed by atoms with van der Waals surface area (Å²) >= 11 is 0. The van der Waals surface area contributed by atoms with Crippen molar-refractivity contribution in [2.24, 2.45) is 5.92 Å². The summed E-state index contributed by atoms with van der Waals surface area (Å²) in [5.74, 6) is 1.16. The van der Waals surface area contributed by atoms with Gasteiger partial charge in [0, 0.05) is 25.2 Å².